The minimum Gasteiger partial charge on any atom is -0.336 e. The molecule has 1 saturated carbocycles. The van der Waals surface area contributed by atoms with Crippen LogP contribution in [-0.4, -0.2) is 23.4 Å². The van der Waals surface area contributed by atoms with Crippen molar-refractivity contribution in [3.63, 3.8) is 0 Å². The van der Waals surface area contributed by atoms with Crippen molar-refractivity contribution in [2.45, 2.75) is 44.7 Å². The Hall–Kier alpha value is -1.61. The average molecular weight is 286 g/mol. The van der Waals surface area contributed by atoms with Gasteiger partial charge in [-0.05, 0) is 18.4 Å². The van der Waals surface area contributed by atoms with Gasteiger partial charge < -0.3 is 10.6 Å². The van der Waals surface area contributed by atoms with E-state index in [2.05, 4.69) is 6.58 Å². The fraction of sp³-hybridized carbons (Fsp3) is 0.500. The minimum absolute atomic E-state index is 0.151. The van der Waals surface area contributed by atoms with Crippen molar-refractivity contribution in [3.8, 4) is 0 Å². The van der Waals surface area contributed by atoms with E-state index in [4.69, 9.17) is 5.73 Å². The van der Waals surface area contributed by atoms with E-state index in [1.54, 1.807) is 0 Å². The zero-order chi connectivity index (χ0) is 15.2. The maximum Gasteiger partial charge on any atom is 0.227 e. The number of carbonyl (C=O) groups is 1. The smallest absolute Gasteiger partial charge is 0.227 e. The lowest BCUT2D eigenvalue weighted by atomic mass is 9.93. The van der Waals surface area contributed by atoms with Crippen molar-refractivity contribution in [2.75, 3.05) is 6.54 Å². The summed E-state index contributed by atoms with van der Waals surface area (Å²) in [7, 11) is 0. The van der Waals surface area contributed by atoms with Crippen LogP contribution in [-0.2, 0) is 4.79 Å². The van der Waals surface area contributed by atoms with Gasteiger partial charge >= 0.3 is 0 Å². The lowest BCUT2D eigenvalue weighted by molar-refractivity contribution is -0.137. The molecule has 2 unspecified atom stereocenters. The van der Waals surface area contributed by atoms with Crippen LogP contribution in [0.15, 0.2) is 43.0 Å². The highest BCUT2D eigenvalue weighted by atomic mass is 16.2. The van der Waals surface area contributed by atoms with Crippen LogP contribution in [0.5, 0.6) is 0 Å². The first-order valence-corrected chi connectivity index (χ1v) is 7.87. The normalized spacial score (nSPS) is 18.2. The molecule has 3 nitrogen and oxygen atoms in total. The second kappa shape index (κ2) is 7.41. The maximum absolute atomic E-state index is 12.8. The van der Waals surface area contributed by atoms with Gasteiger partial charge in [-0.2, -0.15) is 0 Å². The molecule has 0 saturated heterocycles. The van der Waals surface area contributed by atoms with Crippen molar-refractivity contribution in [1.82, 2.24) is 4.90 Å². The van der Waals surface area contributed by atoms with E-state index >= 15 is 0 Å². The number of amides is 1. The third-order valence-corrected chi connectivity index (χ3v) is 4.49. The zero-order valence-electron chi connectivity index (χ0n) is 12.9. The number of benzene rings is 1. The molecule has 0 spiro atoms. The van der Waals surface area contributed by atoms with Crippen LogP contribution in [0.1, 0.15) is 44.2 Å². The van der Waals surface area contributed by atoms with Gasteiger partial charge in [0.25, 0.3) is 0 Å². The van der Waals surface area contributed by atoms with Crippen molar-refractivity contribution >= 4 is 5.91 Å². The Balaban J connectivity index is 2.10. The summed E-state index contributed by atoms with van der Waals surface area (Å²) < 4.78 is 0. The molecule has 2 atom stereocenters. The molecule has 0 aliphatic heterocycles. The van der Waals surface area contributed by atoms with E-state index in [1.165, 1.54) is 12.8 Å². The van der Waals surface area contributed by atoms with Gasteiger partial charge in [0.1, 0.15) is 0 Å². The van der Waals surface area contributed by atoms with E-state index in [0.717, 1.165) is 18.4 Å². The van der Waals surface area contributed by atoms with E-state index in [9.17, 15) is 4.79 Å². The van der Waals surface area contributed by atoms with Crippen LogP contribution >= 0.6 is 0 Å². The third kappa shape index (κ3) is 3.73. The number of nitrogens with two attached hydrogens (primary N) is 1. The Bertz CT molecular complexity index is 465. The summed E-state index contributed by atoms with van der Waals surface area (Å²) in [4.78, 5) is 14.8. The van der Waals surface area contributed by atoms with Gasteiger partial charge in [-0.15, -0.1) is 6.58 Å². The van der Waals surface area contributed by atoms with E-state index in [0.29, 0.717) is 12.6 Å². The van der Waals surface area contributed by atoms with Crippen molar-refractivity contribution < 1.29 is 4.79 Å². The molecule has 1 aromatic rings. The number of carbonyl (C=O) groups excluding carboxylic acids is 1. The van der Waals surface area contributed by atoms with E-state index in [1.807, 2.05) is 48.2 Å². The predicted octanol–water partition coefficient (Wildman–Crippen LogP) is 3.28. The Morgan fingerprint density at radius 3 is 2.57 bits per heavy atom. The Morgan fingerprint density at radius 1 is 1.38 bits per heavy atom. The second-order valence-electron chi connectivity index (χ2n) is 5.94. The van der Waals surface area contributed by atoms with Gasteiger partial charge in [-0.3, -0.25) is 4.79 Å². The van der Waals surface area contributed by atoms with E-state index < -0.39 is 0 Å². The molecule has 1 aliphatic carbocycles. The van der Waals surface area contributed by atoms with Gasteiger partial charge in [-0.1, -0.05) is 56.2 Å². The number of hydrogen-bond donors (Lipinski definition) is 1. The first kappa shape index (κ1) is 15.8. The summed E-state index contributed by atoms with van der Waals surface area (Å²) in [5, 5.41) is 0. The fourth-order valence-electron chi connectivity index (χ4n) is 3.15. The fourth-order valence-corrected chi connectivity index (χ4v) is 3.15. The second-order valence-corrected chi connectivity index (χ2v) is 5.94. The zero-order valence-corrected chi connectivity index (χ0v) is 12.9. The van der Waals surface area contributed by atoms with Crippen LogP contribution in [0.3, 0.4) is 0 Å². The lowest BCUT2D eigenvalue weighted by Crippen LogP contribution is -2.44. The molecule has 21 heavy (non-hydrogen) atoms. The molecule has 1 aliphatic rings. The highest BCUT2D eigenvalue weighted by molar-refractivity contribution is 5.80. The molecular formula is C18H26N2O. The molecule has 1 aromatic carbocycles. The van der Waals surface area contributed by atoms with Crippen LogP contribution in [0.4, 0.5) is 0 Å². The Labute approximate surface area is 127 Å². The van der Waals surface area contributed by atoms with E-state index in [-0.39, 0.29) is 17.9 Å². The minimum atomic E-state index is -0.257. The summed E-state index contributed by atoms with van der Waals surface area (Å²) in [6, 6.07) is 9.97. The van der Waals surface area contributed by atoms with Crippen molar-refractivity contribution in [3.05, 3.63) is 48.6 Å². The van der Waals surface area contributed by atoms with Gasteiger partial charge in [0, 0.05) is 18.6 Å². The molecular weight excluding hydrogens is 260 g/mol. The van der Waals surface area contributed by atoms with Crippen molar-refractivity contribution in [2.24, 2.45) is 11.7 Å². The monoisotopic (exact) mass is 286 g/mol. The van der Waals surface area contributed by atoms with Crippen LogP contribution < -0.4 is 5.73 Å². The number of rotatable bonds is 6. The quantitative estimate of drug-likeness (QED) is 0.816. The molecule has 0 aromatic heterocycles. The molecule has 2 N–H and O–H groups in total. The maximum atomic E-state index is 12.8. The van der Waals surface area contributed by atoms with Crippen LogP contribution in [0, 0.1) is 5.92 Å². The molecule has 114 valence electrons. The predicted molar refractivity (Wildman–Crippen MR) is 86.7 cm³/mol. The molecule has 0 heterocycles. The molecule has 0 radical (unpaired) electrons. The lowest BCUT2D eigenvalue weighted by Gasteiger charge is -2.32. The molecule has 1 fully saturated rings. The molecule has 1 amide bonds. The highest BCUT2D eigenvalue weighted by Crippen LogP contribution is 2.27. The summed E-state index contributed by atoms with van der Waals surface area (Å²) in [5.41, 5.74) is 7.32. The van der Waals surface area contributed by atoms with Gasteiger partial charge in [0.05, 0.1) is 5.92 Å². The Kier molecular flexibility index (Phi) is 5.57. The standard InChI is InChI=1S/C18H26N2O/c1-3-13-20(16-11-7-8-12-16)18(21)14(2)17(19)15-9-5-4-6-10-15/h3-6,9-10,14,16-17H,1,7-8,11-13,19H2,2H3. The topological polar surface area (TPSA) is 46.3 Å². The van der Waals surface area contributed by atoms with Crippen LogP contribution in [0.2, 0.25) is 0 Å². The first-order chi connectivity index (χ1) is 10.1. The summed E-state index contributed by atoms with van der Waals surface area (Å²) in [6.45, 7) is 6.35. The molecule has 2 rings (SSSR count). The highest BCUT2D eigenvalue weighted by Gasteiger charge is 2.31. The molecule has 3 heteroatoms. The van der Waals surface area contributed by atoms with Gasteiger partial charge in [-0.25, -0.2) is 0 Å². The summed E-state index contributed by atoms with van der Waals surface area (Å²) in [5.74, 6) is -0.0638. The number of nitrogens with zero attached hydrogens (tertiary/aromatic N) is 1. The van der Waals surface area contributed by atoms with Gasteiger partial charge in [0.2, 0.25) is 5.91 Å². The first-order valence-electron chi connectivity index (χ1n) is 7.87. The van der Waals surface area contributed by atoms with Crippen LogP contribution in [0.25, 0.3) is 0 Å². The SMILES string of the molecule is C=CCN(C(=O)C(C)C(N)c1ccccc1)C1CCCC1. The van der Waals surface area contributed by atoms with Crippen molar-refractivity contribution in [1.29, 1.82) is 0 Å². The number of hydrogen-bond acceptors (Lipinski definition) is 2. The average Bonchev–Trinajstić information content (AvgIpc) is 3.05. The summed E-state index contributed by atoms with van der Waals surface area (Å²) in [6.07, 6.45) is 6.45. The van der Waals surface area contributed by atoms with Gasteiger partial charge in [0.15, 0.2) is 0 Å². The third-order valence-electron chi connectivity index (χ3n) is 4.49. The Morgan fingerprint density at radius 2 is 2.00 bits per heavy atom. The summed E-state index contributed by atoms with van der Waals surface area (Å²) >= 11 is 0. The largest absolute Gasteiger partial charge is 0.336 e. The molecule has 0 bridgehead atoms.